The van der Waals surface area contributed by atoms with Gasteiger partial charge >= 0.3 is 12.2 Å². The summed E-state index contributed by atoms with van der Waals surface area (Å²) in [5.41, 5.74) is 0. The molecule has 0 aromatic carbocycles. The summed E-state index contributed by atoms with van der Waals surface area (Å²) in [6.07, 6.45) is -1.04. The molecule has 2 amide bonds. The van der Waals surface area contributed by atoms with Crippen LogP contribution in [0.3, 0.4) is 0 Å². The molecular formula is C7H12N2O4. The first kappa shape index (κ1) is 9.63. The molecule has 0 saturated carbocycles. The minimum atomic E-state index is -0.518. The molecule has 6 heteroatoms. The summed E-state index contributed by atoms with van der Waals surface area (Å²) in [6.45, 7) is 4.25. The van der Waals surface area contributed by atoms with Crippen molar-refractivity contribution in [3.05, 3.63) is 0 Å². The molecule has 1 heterocycles. The van der Waals surface area contributed by atoms with E-state index >= 15 is 0 Å². The molecular weight excluding hydrogens is 176 g/mol. The number of nitrogens with zero attached hydrogens (tertiary/aromatic N) is 2. The van der Waals surface area contributed by atoms with Crippen LogP contribution in [0.4, 0.5) is 9.59 Å². The Kier molecular flexibility index (Phi) is 2.94. The van der Waals surface area contributed by atoms with Gasteiger partial charge in [0.05, 0.1) is 13.2 Å². The Labute approximate surface area is 76.0 Å². The minimum absolute atomic E-state index is 0.248. The highest BCUT2D eigenvalue weighted by Gasteiger charge is 2.42. The summed E-state index contributed by atoms with van der Waals surface area (Å²) in [4.78, 5) is 22.0. The third-order valence-corrected chi connectivity index (χ3v) is 1.43. The SMILES string of the molecule is CCOC(=O)N1CN1C(=O)OCC. The van der Waals surface area contributed by atoms with E-state index in [1.807, 2.05) is 0 Å². The van der Waals surface area contributed by atoms with Crippen molar-refractivity contribution in [2.45, 2.75) is 13.8 Å². The summed E-state index contributed by atoms with van der Waals surface area (Å²) < 4.78 is 9.32. The number of hydrazine groups is 1. The van der Waals surface area contributed by atoms with Crippen LogP contribution >= 0.6 is 0 Å². The summed E-state index contributed by atoms with van der Waals surface area (Å²) >= 11 is 0. The van der Waals surface area contributed by atoms with E-state index in [0.717, 1.165) is 0 Å². The second-order valence-corrected chi connectivity index (χ2v) is 2.34. The highest BCUT2D eigenvalue weighted by atomic mass is 16.6. The topological polar surface area (TPSA) is 58.6 Å². The quantitative estimate of drug-likeness (QED) is 0.601. The molecule has 0 spiro atoms. The Balaban J connectivity index is 2.29. The van der Waals surface area contributed by atoms with E-state index in [2.05, 4.69) is 9.47 Å². The van der Waals surface area contributed by atoms with E-state index in [4.69, 9.17) is 0 Å². The van der Waals surface area contributed by atoms with E-state index in [0.29, 0.717) is 13.2 Å². The Hall–Kier alpha value is -1.46. The van der Waals surface area contributed by atoms with Gasteiger partial charge in [0.2, 0.25) is 0 Å². The molecule has 0 atom stereocenters. The van der Waals surface area contributed by atoms with Crippen LogP contribution in [0.15, 0.2) is 0 Å². The zero-order valence-electron chi connectivity index (χ0n) is 7.65. The summed E-state index contributed by atoms with van der Waals surface area (Å²) in [7, 11) is 0. The largest absolute Gasteiger partial charge is 0.448 e. The maximum absolute atomic E-state index is 11.0. The van der Waals surface area contributed by atoms with Crippen LogP contribution in [-0.4, -0.2) is 42.1 Å². The fourth-order valence-electron chi connectivity index (χ4n) is 0.807. The zero-order valence-corrected chi connectivity index (χ0v) is 7.65. The lowest BCUT2D eigenvalue weighted by atomic mass is 10.9. The first-order chi connectivity index (χ1) is 6.20. The lowest BCUT2D eigenvalue weighted by Crippen LogP contribution is -2.22. The molecule has 0 aromatic heterocycles. The molecule has 0 radical (unpaired) electrons. The number of hydrogen-bond acceptors (Lipinski definition) is 4. The van der Waals surface area contributed by atoms with Gasteiger partial charge in [0.1, 0.15) is 6.67 Å². The third-order valence-electron chi connectivity index (χ3n) is 1.43. The average Bonchev–Trinajstić information content (AvgIpc) is 2.84. The first-order valence-electron chi connectivity index (χ1n) is 4.09. The van der Waals surface area contributed by atoms with Crippen molar-refractivity contribution >= 4 is 12.2 Å². The molecule has 0 unspecified atom stereocenters. The maximum Gasteiger partial charge on any atom is 0.430 e. The molecule has 1 aliphatic rings. The van der Waals surface area contributed by atoms with E-state index in [1.165, 1.54) is 10.0 Å². The second-order valence-electron chi connectivity index (χ2n) is 2.34. The molecule has 13 heavy (non-hydrogen) atoms. The van der Waals surface area contributed by atoms with Crippen LogP contribution < -0.4 is 0 Å². The number of amides is 2. The Morgan fingerprint density at radius 2 is 1.46 bits per heavy atom. The van der Waals surface area contributed by atoms with Crippen molar-refractivity contribution in [2.24, 2.45) is 0 Å². The van der Waals surface area contributed by atoms with Crippen molar-refractivity contribution in [1.82, 2.24) is 10.0 Å². The monoisotopic (exact) mass is 188 g/mol. The highest BCUT2D eigenvalue weighted by Crippen LogP contribution is 2.17. The molecule has 0 aromatic rings. The van der Waals surface area contributed by atoms with Crippen LogP contribution in [-0.2, 0) is 9.47 Å². The molecule has 1 aliphatic heterocycles. The molecule has 74 valence electrons. The summed E-state index contributed by atoms with van der Waals surface area (Å²) in [6, 6.07) is 0. The number of carbonyl (C=O) groups excluding carboxylic acids is 2. The Morgan fingerprint density at radius 1 is 1.08 bits per heavy atom. The highest BCUT2D eigenvalue weighted by molar-refractivity contribution is 5.78. The molecule has 1 fully saturated rings. The van der Waals surface area contributed by atoms with Gasteiger partial charge < -0.3 is 9.47 Å². The van der Waals surface area contributed by atoms with Crippen LogP contribution in [0.1, 0.15) is 13.8 Å². The van der Waals surface area contributed by atoms with Gasteiger partial charge in [-0.05, 0) is 13.8 Å². The number of ether oxygens (including phenoxy) is 2. The van der Waals surface area contributed by atoms with Gasteiger partial charge in [0, 0.05) is 0 Å². The van der Waals surface area contributed by atoms with E-state index < -0.39 is 12.2 Å². The summed E-state index contributed by atoms with van der Waals surface area (Å²) in [5, 5.41) is 2.34. The standard InChI is InChI=1S/C7H12N2O4/c1-3-12-6(10)8-5-9(8)7(11)13-4-2/h3-5H2,1-2H3. The third kappa shape index (κ3) is 2.24. The molecule has 0 bridgehead atoms. The van der Waals surface area contributed by atoms with Crippen LogP contribution in [0.25, 0.3) is 0 Å². The van der Waals surface area contributed by atoms with Crippen molar-refractivity contribution in [3.63, 3.8) is 0 Å². The summed E-state index contributed by atoms with van der Waals surface area (Å²) in [5.74, 6) is 0. The second kappa shape index (κ2) is 3.97. The van der Waals surface area contributed by atoms with Gasteiger partial charge in [-0.2, -0.15) is 10.0 Å². The number of hydrogen-bond donors (Lipinski definition) is 0. The van der Waals surface area contributed by atoms with Gasteiger partial charge in [0.15, 0.2) is 0 Å². The van der Waals surface area contributed by atoms with Gasteiger partial charge in [-0.15, -0.1) is 0 Å². The van der Waals surface area contributed by atoms with Crippen molar-refractivity contribution in [3.8, 4) is 0 Å². The van der Waals surface area contributed by atoms with Crippen LogP contribution in [0.5, 0.6) is 0 Å². The van der Waals surface area contributed by atoms with Crippen molar-refractivity contribution in [2.75, 3.05) is 19.9 Å². The molecule has 6 nitrogen and oxygen atoms in total. The molecule has 1 rings (SSSR count). The van der Waals surface area contributed by atoms with Gasteiger partial charge in [-0.25, -0.2) is 9.59 Å². The normalized spacial score (nSPS) is 14.0. The zero-order chi connectivity index (χ0) is 9.84. The smallest absolute Gasteiger partial charge is 0.430 e. The first-order valence-corrected chi connectivity index (χ1v) is 4.09. The fraction of sp³-hybridized carbons (Fsp3) is 0.714. The lowest BCUT2D eigenvalue weighted by molar-refractivity contribution is 0.0976. The van der Waals surface area contributed by atoms with Gasteiger partial charge in [-0.1, -0.05) is 0 Å². The van der Waals surface area contributed by atoms with Crippen molar-refractivity contribution < 1.29 is 19.1 Å². The van der Waals surface area contributed by atoms with E-state index in [-0.39, 0.29) is 6.67 Å². The minimum Gasteiger partial charge on any atom is -0.448 e. The fourth-order valence-corrected chi connectivity index (χ4v) is 0.807. The van der Waals surface area contributed by atoms with Crippen LogP contribution in [0, 0.1) is 0 Å². The Morgan fingerprint density at radius 3 is 1.77 bits per heavy atom. The lowest BCUT2D eigenvalue weighted by Gasteiger charge is -2.04. The van der Waals surface area contributed by atoms with Gasteiger partial charge in [0.25, 0.3) is 0 Å². The molecule has 0 N–H and O–H groups in total. The maximum atomic E-state index is 11.0. The molecule has 1 saturated heterocycles. The van der Waals surface area contributed by atoms with Crippen LogP contribution in [0.2, 0.25) is 0 Å². The van der Waals surface area contributed by atoms with Crippen molar-refractivity contribution in [1.29, 1.82) is 0 Å². The average molecular weight is 188 g/mol. The predicted molar refractivity (Wildman–Crippen MR) is 42.6 cm³/mol. The van der Waals surface area contributed by atoms with E-state index in [9.17, 15) is 9.59 Å². The van der Waals surface area contributed by atoms with Gasteiger partial charge in [-0.3, -0.25) is 0 Å². The predicted octanol–water partition coefficient (Wildman–Crippen LogP) is 0.790. The molecule has 0 aliphatic carbocycles. The number of rotatable bonds is 2. The Bertz CT molecular complexity index is 197. The number of carbonyl (C=O) groups is 2. The van der Waals surface area contributed by atoms with E-state index in [1.54, 1.807) is 13.8 Å².